The maximum absolute atomic E-state index is 12.4. The minimum absolute atomic E-state index is 0.0831. The molecule has 0 spiro atoms. The summed E-state index contributed by atoms with van der Waals surface area (Å²) in [6.07, 6.45) is -0.225. The highest BCUT2D eigenvalue weighted by Crippen LogP contribution is 2.33. The van der Waals surface area contributed by atoms with Crippen LogP contribution in [-0.4, -0.2) is 55.2 Å². The Kier molecular flexibility index (Phi) is 9.97. The molecule has 1 aliphatic heterocycles. The average Bonchev–Trinajstić information content (AvgIpc) is 3.53. The Morgan fingerprint density at radius 3 is 2.47 bits per heavy atom. The minimum Gasteiger partial charge on any atom is -0.490 e. The van der Waals surface area contributed by atoms with Gasteiger partial charge < -0.3 is 23.8 Å². The molecule has 0 radical (unpaired) electrons. The van der Waals surface area contributed by atoms with Crippen molar-refractivity contribution in [2.45, 2.75) is 51.4 Å². The van der Waals surface area contributed by atoms with Gasteiger partial charge in [0.15, 0.2) is 0 Å². The van der Waals surface area contributed by atoms with Crippen LogP contribution in [0.15, 0.2) is 84.2 Å². The summed E-state index contributed by atoms with van der Waals surface area (Å²) in [6, 6.07) is 26.0. The number of esters is 1. The average molecular weight is 604 g/mol. The highest BCUT2D eigenvalue weighted by atomic mass is 32.1. The lowest BCUT2D eigenvalue weighted by Gasteiger charge is -2.37. The van der Waals surface area contributed by atoms with Gasteiger partial charge in [0.05, 0.1) is 19.3 Å². The first-order valence-electron chi connectivity index (χ1n) is 14.4. The van der Waals surface area contributed by atoms with E-state index in [0.29, 0.717) is 30.3 Å². The Morgan fingerprint density at radius 1 is 0.930 bits per heavy atom. The fraction of sp³-hybridized carbons (Fsp3) is 0.353. The highest BCUT2D eigenvalue weighted by Gasteiger charge is 2.34. The normalized spacial score (nSPS) is 17.4. The van der Waals surface area contributed by atoms with Crippen LogP contribution in [0.1, 0.15) is 53.9 Å². The zero-order chi connectivity index (χ0) is 30.2. The molecule has 0 bridgehead atoms. The van der Waals surface area contributed by atoms with E-state index in [1.807, 2.05) is 47.8 Å². The van der Waals surface area contributed by atoms with Crippen molar-refractivity contribution in [3.05, 3.63) is 100 Å². The predicted molar refractivity (Wildman–Crippen MR) is 165 cm³/mol. The molecular weight excluding hydrogens is 566 g/mol. The van der Waals surface area contributed by atoms with Crippen LogP contribution in [0.2, 0.25) is 0 Å². The maximum atomic E-state index is 12.4. The summed E-state index contributed by atoms with van der Waals surface area (Å²) in [6.45, 7) is 7.23. The summed E-state index contributed by atoms with van der Waals surface area (Å²) in [4.78, 5) is 30.5. The molecule has 0 N–H and O–H groups in total. The molecule has 5 rings (SSSR count). The summed E-state index contributed by atoms with van der Waals surface area (Å²) in [5, 5.41) is 5.81. The molecule has 2 atom stereocenters. The first-order chi connectivity index (χ1) is 20.7. The molecule has 43 heavy (non-hydrogen) atoms. The number of nitrogens with zero attached hydrogens (tertiary/aromatic N) is 1. The second-order valence-electron chi connectivity index (χ2n) is 11.4. The summed E-state index contributed by atoms with van der Waals surface area (Å²) in [5.74, 6) is 0.431. The molecule has 226 valence electrons. The van der Waals surface area contributed by atoms with Gasteiger partial charge in [-0.05, 0) is 78.7 Å². The topological polar surface area (TPSA) is 83.5 Å². The molecule has 4 aromatic rings. The number of hydrogen-bond acceptors (Lipinski definition) is 9. The van der Waals surface area contributed by atoms with E-state index in [4.69, 9.17) is 23.8 Å². The molecule has 0 amide bonds. The van der Waals surface area contributed by atoms with Gasteiger partial charge in [-0.1, -0.05) is 54.6 Å². The molecule has 3 aromatic carbocycles. The lowest BCUT2D eigenvalue weighted by molar-refractivity contribution is -0.179. The lowest BCUT2D eigenvalue weighted by atomic mass is 9.87. The number of ether oxygens (including phenoxy) is 4. The van der Waals surface area contributed by atoms with Crippen LogP contribution < -0.4 is 4.74 Å². The van der Waals surface area contributed by atoms with Crippen LogP contribution in [0.25, 0.3) is 10.8 Å². The Morgan fingerprint density at radius 2 is 1.72 bits per heavy atom. The fourth-order valence-corrected chi connectivity index (χ4v) is 5.61. The first-order valence-corrected chi connectivity index (χ1v) is 15.3. The Balaban J connectivity index is 1.21. The monoisotopic (exact) mass is 603 g/mol. The smallest absolute Gasteiger partial charge is 0.490 e. The van der Waals surface area contributed by atoms with Crippen LogP contribution in [-0.2, 0) is 25.7 Å². The van der Waals surface area contributed by atoms with Crippen LogP contribution in [0.5, 0.6) is 5.75 Å². The van der Waals surface area contributed by atoms with E-state index >= 15 is 0 Å². The maximum Gasteiger partial charge on any atom is 0.528 e. The van der Waals surface area contributed by atoms with Gasteiger partial charge in [-0.2, -0.15) is 0 Å². The number of rotatable bonds is 10. The largest absolute Gasteiger partial charge is 0.528 e. The Labute approximate surface area is 256 Å². The standard InChI is InChI=1S/C34H37NO7S/c1-34(2,3)41-33(37)42-35-17-16-29(30(22-35)40-23-24-10-11-25-7-4-5-8-27(25)21-24)26-12-14-28(15-13-26)38-18-19-39-32(36)31-9-6-20-43-31/h4-15,20-21,29-30H,16-19,22-23H2,1-3H3. The Hall–Kier alpha value is -3.92. The third-order valence-electron chi connectivity index (χ3n) is 7.01. The zero-order valence-electron chi connectivity index (χ0n) is 24.7. The van der Waals surface area contributed by atoms with E-state index in [9.17, 15) is 9.59 Å². The second kappa shape index (κ2) is 14.0. The van der Waals surface area contributed by atoms with E-state index in [0.717, 1.165) is 22.9 Å². The minimum atomic E-state index is -0.721. The van der Waals surface area contributed by atoms with Crippen LogP contribution in [0.4, 0.5) is 4.79 Å². The summed E-state index contributed by atoms with van der Waals surface area (Å²) >= 11 is 1.35. The van der Waals surface area contributed by atoms with Gasteiger partial charge in [-0.15, -0.1) is 16.4 Å². The van der Waals surface area contributed by atoms with Gasteiger partial charge in [-0.25, -0.2) is 9.59 Å². The predicted octanol–water partition coefficient (Wildman–Crippen LogP) is 7.38. The van der Waals surface area contributed by atoms with Crippen molar-refractivity contribution in [2.75, 3.05) is 26.3 Å². The summed E-state index contributed by atoms with van der Waals surface area (Å²) in [7, 11) is 0. The molecule has 0 aliphatic carbocycles. The van der Waals surface area contributed by atoms with E-state index in [1.54, 1.807) is 31.9 Å². The third-order valence-corrected chi connectivity index (χ3v) is 7.86. The number of hydrogen-bond donors (Lipinski definition) is 0. The van der Waals surface area contributed by atoms with E-state index in [-0.39, 0.29) is 31.2 Å². The van der Waals surface area contributed by atoms with E-state index in [1.165, 1.54) is 16.7 Å². The van der Waals surface area contributed by atoms with Gasteiger partial charge in [-0.3, -0.25) is 0 Å². The Bertz CT molecular complexity index is 1500. The van der Waals surface area contributed by atoms with Gasteiger partial charge in [0.1, 0.15) is 29.4 Å². The molecule has 2 heterocycles. The third kappa shape index (κ3) is 8.79. The number of carbonyl (C=O) groups is 2. The molecule has 1 aromatic heterocycles. The van der Waals surface area contributed by atoms with Gasteiger partial charge >= 0.3 is 12.1 Å². The molecule has 8 nitrogen and oxygen atoms in total. The molecule has 2 unspecified atom stereocenters. The number of benzene rings is 3. The SMILES string of the molecule is CC(C)(C)OC(=O)ON1CCC(c2ccc(OCCOC(=O)c3cccs3)cc2)C(OCc2ccc3ccccc3c2)C1. The molecule has 9 heteroatoms. The molecular formula is C34H37NO7S. The first kappa shape index (κ1) is 30.5. The molecule has 0 saturated carbocycles. The second-order valence-corrected chi connectivity index (χ2v) is 12.3. The van der Waals surface area contributed by atoms with Crippen molar-refractivity contribution >= 4 is 34.2 Å². The van der Waals surface area contributed by atoms with Crippen LogP contribution in [0, 0.1) is 0 Å². The number of carbonyl (C=O) groups excluding carboxylic acids is 2. The summed E-state index contributed by atoms with van der Waals surface area (Å²) < 4.78 is 22.9. The number of hydroxylamine groups is 2. The number of piperidine rings is 1. The molecule has 1 fully saturated rings. The van der Waals surface area contributed by atoms with Crippen molar-refractivity contribution in [2.24, 2.45) is 0 Å². The van der Waals surface area contributed by atoms with Gasteiger partial charge in [0, 0.05) is 12.5 Å². The van der Waals surface area contributed by atoms with Crippen molar-refractivity contribution < 1.29 is 33.4 Å². The van der Waals surface area contributed by atoms with Crippen LogP contribution in [0.3, 0.4) is 0 Å². The van der Waals surface area contributed by atoms with Gasteiger partial charge in [0.2, 0.25) is 0 Å². The molecule has 1 saturated heterocycles. The highest BCUT2D eigenvalue weighted by molar-refractivity contribution is 7.11. The van der Waals surface area contributed by atoms with E-state index < -0.39 is 11.8 Å². The van der Waals surface area contributed by atoms with Crippen molar-refractivity contribution in [1.82, 2.24) is 5.06 Å². The van der Waals surface area contributed by atoms with Gasteiger partial charge in [0.25, 0.3) is 0 Å². The zero-order valence-corrected chi connectivity index (χ0v) is 25.5. The van der Waals surface area contributed by atoms with Crippen LogP contribution >= 0.6 is 11.3 Å². The quantitative estimate of drug-likeness (QED) is 0.137. The number of thiophene rings is 1. The lowest BCUT2D eigenvalue weighted by Crippen LogP contribution is -2.45. The van der Waals surface area contributed by atoms with Crippen molar-refractivity contribution in [3.8, 4) is 5.75 Å². The fourth-order valence-electron chi connectivity index (χ4n) is 5.00. The van der Waals surface area contributed by atoms with Crippen molar-refractivity contribution in [3.63, 3.8) is 0 Å². The van der Waals surface area contributed by atoms with E-state index in [2.05, 4.69) is 30.3 Å². The number of fused-ring (bicyclic) bond motifs is 1. The summed E-state index contributed by atoms with van der Waals surface area (Å²) in [5.41, 5.74) is 1.54. The molecule has 1 aliphatic rings. The van der Waals surface area contributed by atoms with Crippen molar-refractivity contribution in [1.29, 1.82) is 0 Å².